The van der Waals surface area contributed by atoms with Crippen molar-refractivity contribution in [2.45, 2.75) is 0 Å². The zero-order valence-electron chi connectivity index (χ0n) is 80.5. The number of furan rings is 3. The predicted octanol–water partition coefficient (Wildman–Crippen LogP) is 34.0. The average molecular weight is 1920 g/mol. The van der Waals surface area contributed by atoms with Gasteiger partial charge in [-0.25, -0.2) is 49.8 Å². The van der Waals surface area contributed by atoms with E-state index in [1.807, 2.05) is 237 Å². The van der Waals surface area contributed by atoms with Crippen LogP contribution in [0.1, 0.15) is 0 Å². The Hall–Kier alpha value is -20.6. The summed E-state index contributed by atoms with van der Waals surface area (Å²) in [6, 6.07) is 171. The summed E-state index contributed by atoms with van der Waals surface area (Å²) in [6.07, 6.45) is 1.85. The predicted molar refractivity (Wildman–Crippen MR) is 607 cm³/mol. The number of benzene rings is 20. The van der Waals surface area contributed by atoms with E-state index in [2.05, 4.69) is 281 Å². The highest BCUT2D eigenvalue weighted by atomic mass is 16.3. The minimum atomic E-state index is 0.575. The molecule has 0 bridgehead atoms. The van der Waals surface area contributed by atoms with Crippen molar-refractivity contribution in [1.29, 1.82) is 0 Å². The van der Waals surface area contributed by atoms with E-state index in [9.17, 15) is 0 Å². The van der Waals surface area contributed by atoms with E-state index < -0.39 is 0 Å². The van der Waals surface area contributed by atoms with Crippen LogP contribution in [0.25, 0.3) is 284 Å². The van der Waals surface area contributed by atoms with Crippen molar-refractivity contribution in [3.8, 4) is 153 Å². The van der Waals surface area contributed by atoms with Gasteiger partial charge < -0.3 is 22.4 Å². The number of pyridine rings is 1. The first-order valence-electron chi connectivity index (χ1n) is 49.9. The largest absolute Gasteiger partial charge is 0.456 e. The number of hydrogen-bond donors (Lipinski definition) is 0. The summed E-state index contributed by atoms with van der Waals surface area (Å²) in [4.78, 5) is 49.2. The molecule has 0 unspecified atom stereocenters. The van der Waals surface area contributed by atoms with Gasteiger partial charge in [0.05, 0.1) is 33.1 Å². The molecule has 10 heterocycles. The second-order valence-corrected chi connectivity index (χ2v) is 37.3. The zero-order valence-corrected chi connectivity index (χ0v) is 80.5. The Kier molecular flexibility index (Phi) is 21.5. The molecule has 0 aliphatic rings. The second kappa shape index (κ2) is 37.0. The average Bonchev–Trinajstić information content (AvgIpc) is 1.59. The molecule has 16 nitrogen and oxygen atoms in total. The minimum absolute atomic E-state index is 0.575. The number of aromatic nitrogens is 13. The van der Waals surface area contributed by atoms with Crippen LogP contribution < -0.4 is 0 Å². The van der Waals surface area contributed by atoms with Gasteiger partial charge in [-0.05, 0) is 191 Å². The second-order valence-electron chi connectivity index (χ2n) is 37.3. The summed E-state index contributed by atoms with van der Waals surface area (Å²) >= 11 is 0. The molecule has 30 aromatic rings. The molecule has 20 aromatic carbocycles. The lowest BCUT2D eigenvalue weighted by atomic mass is 10.0. The van der Waals surface area contributed by atoms with Gasteiger partial charge in [0, 0.05) is 132 Å². The van der Waals surface area contributed by atoms with E-state index in [0.29, 0.717) is 52.4 Å². The first kappa shape index (κ1) is 87.2. The van der Waals surface area contributed by atoms with Crippen LogP contribution in [0.5, 0.6) is 0 Å². The van der Waals surface area contributed by atoms with Crippen LogP contribution in [-0.2, 0) is 0 Å². The molecule has 16 heteroatoms. The summed E-state index contributed by atoms with van der Waals surface area (Å²) in [5.41, 5.74) is 29.5. The zero-order chi connectivity index (χ0) is 99.1. The molecule has 0 atom stereocenters. The summed E-state index contributed by atoms with van der Waals surface area (Å²) < 4.78 is 25.2. The first-order valence-corrected chi connectivity index (χ1v) is 49.9. The normalized spacial score (nSPS) is 11.6. The maximum Gasteiger partial charge on any atom is 0.165 e. The summed E-state index contributed by atoms with van der Waals surface area (Å²) in [5, 5.41) is 13.9. The molecule has 0 aliphatic carbocycles. The lowest BCUT2D eigenvalue weighted by Gasteiger charge is -2.12. The van der Waals surface area contributed by atoms with Crippen molar-refractivity contribution in [3.05, 3.63) is 504 Å². The Balaban J connectivity index is 0.000000108. The number of fused-ring (bicyclic) bond motifs is 18. The highest BCUT2D eigenvalue weighted by Crippen LogP contribution is 2.45. The van der Waals surface area contributed by atoms with E-state index in [4.69, 9.17) is 63.1 Å². The monoisotopic (exact) mass is 1920 g/mol. The topological polar surface area (TPSA) is 183 Å². The Morgan fingerprint density at radius 2 is 0.367 bits per heavy atom. The lowest BCUT2D eigenvalue weighted by Crippen LogP contribution is -2.01. The fraction of sp³-hybridized carbons (Fsp3) is 0. The van der Waals surface area contributed by atoms with Gasteiger partial charge in [0.1, 0.15) is 39.3 Å². The molecular formula is C134H83N13O3. The molecule has 0 amide bonds. The minimum Gasteiger partial charge on any atom is -0.456 e. The Morgan fingerprint density at radius 1 is 0.133 bits per heavy atom. The fourth-order valence-electron chi connectivity index (χ4n) is 21.0. The van der Waals surface area contributed by atoms with Gasteiger partial charge in [0.2, 0.25) is 0 Å². The highest BCUT2D eigenvalue weighted by molar-refractivity contribution is 6.15. The van der Waals surface area contributed by atoms with Crippen LogP contribution in [0, 0.1) is 0 Å². The van der Waals surface area contributed by atoms with E-state index >= 15 is 0 Å². The van der Waals surface area contributed by atoms with Crippen LogP contribution in [0.2, 0.25) is 0 Å². The van der Waals surface area contributed by atoms with Gasteiger partial charge in [0.15, 0.2) is 52.4 Å². The van der Waals surface area contributed by atoms with Crippen molar-refractivity contribution in [1.82, 2.24) is 63.5 Å². The maximum atomic E-state index is 6.11. The van der Waals surface area contributed by atoms with Crippen molar-refractivity contribution in [2.24, 2.45) is 0 Å². The third-order valence-corrected chi connectivity index (χ3v) is 28.2. The standard InChI is InChI=1S/2C45H28N4O.C44H27N5O/c1-3-12-29(13-4-1)43-46-44(30-14-5-2-6-15-30)48-45(47-43)33-16-11-17-34(26-33)49-39-20-9-7-18-35(39)37-27-31(22-24-40(37)49)32-23-25-42-38(28-32)36-19-8-10-21-41(36)50-42;1-3-11-29(12-4-1)43-46-44(30-13-5-2-6-14-30)48-45(47-43)31-19-23-34(24-20-31)49-39-17-9-7-15-35(39)37-27-32(21-25-40(37)49)33-22-26-42-38(28-33)36-16-8-10-18-41(36)50-42;1-3-11-28(12-4-1)42-46-43(29-13-5-2-6-14-29)48-44(47-42)32-21-24-41(45-27-32)49-37-17-9-7-15-33(37)35-25-30(19-22-38(35)49)31-20-23-40-36(26-31)34-16-8-10-18-39(34)50-40/h2*1-28H;1-27H. The summed E-state index contributed by atoms with van der Waals surface area (Å²) in [6.45, 7) is 0. The van der Waals surface area contributed by atoms with Crippen LogP contribution >= 0.6 is 0 Å². The Labute approximate surface area is 858 Å². The van der Waals surface area contributed by atoms with Gasteiger partial charge in [-0.1, -0.05) is 340 Å². The van der Waals surface area contributed by atoms with Crippen LogP contribution in [-0.4, -0.2) is 63.5 Å². The molecule has 0 saturated carbocycles. The number of hydrogen-bond acceptors (Lipinski definition) is 13. The summed E-state index contributed by atoms with van der Waals surface area (Å²) in [7, 11) is 0. The molecule has 0 fully saturated rings. The van der Waals surface area contributed by atoms with Crippen molar-refractivity contribution in [3.63, 3.8) is 0 Å². The molecule has 0 aliphatic heterocycles. The lowest BCUT2D eigenvalue weighted by molar-refractivity contribution is 0.668. The van der Waals surface area contributed by atoms with Gasteiger partial charge in [0.25, 0.3) is 0 Å². The van der Waals surface area contributed by atoms with Crippen molar-refractivity contribution < 1.29 is 13.3 Å². The van der Waals surface area contributed by atoms with Crippen LogP contribution in [0.3, 0.4) is 0 Å². The molecule has 0 radical (unpaired) electrons. The fourth-order valence-corrected chi connectivity index (χ4v) is 21.0. The smallest absolute Gasteiger partial charge is 0.165 e. The van der Waals surface area contributed by atoms with E-state index in [-0.39, 0.29) is 0 Å². The van der Waals surface area contributed by atoms with Gasteiger partial charge in [-0.2, -0.15) is 0 Å². The molecule has 10 aromatic heterocycles. The van der Waals surface area contributed by atoms with Crippen LogP contribution in [0.15, 0.2) is 517 Å². The van der Waals surface area contributed by atoms with E-state index in [1.165, 1.54) is 37.9 Å². The van der Waals surface area contributed by atoms with Crippen LogP contribution in [0.4, 0.5) is 0 Å². The third kappa shape index (κ3) is 15.9. The molecular weight excluding hydrogens is 1840 g/mol. The number of nitrogens with zero attached hydrogens (tertiary/aromatic N) is 13. The molecule has 0 spiro atoms. The van der Waals surface area contributed by atoms with Gasteiger partial charge in [-0.15, -0.1) is 0 Å². The maximum absolute atomic E-state index is 6.11. The molecule has 30 rings (SSSR count). The number of rotatable bonds is 15. The first-order chi connectivity index (χ1) is 74.3. The SMILES string of the molecule is c1ccc(-c2nc(-c3ccccc3)nc(-c3ccc(-n4c5ccccc5c5cc(-c6ccc7oc8ccccc8c7c6)ccc54)cc3)n2)cc1.c1ccc(-c2nc(-c3ccccc3)nc(-c3ccc(-n4c5ccccc5c5cc(-c6ccc7oc8ccccc8c7c6)ccc54)nc3)n2)cc1.c1ccc(-c2nc(-c3ccccc3)nc(-c3cccc(-n4c5ccccc5c5cc(-c6ccc7oc8ccccc8c7c6)ccc54)c3)n2)cc1. The molecule has 0 saturated heterocycles. The van der Waals surface area contributed by atoms with Crippen molar-refractivity contribution in [2.75, 3.05) is 0 Å². The highest BCUT2D eigenvalue weighted by Gasteiger charge is 2.25. The third-order valence-electron chi connectivity index (χ3n) is 28.2. The van der Waals surface area contributed by atoms with Gasteiger partial charge in [-0.3, -0.25) is 4.57 Å². The van der Waals surface area contributed by atoms with Crippen molar-refractivity contribution >= 4 is 131 Å². The van der Waals surface area contributed by atoms with Gasteiger partial charge >= 0.3 is 0 Å². The molecule has 150 heavy (non-hydrogen) atoms. The van der Waals surface area contributed by atoms with E-state index in [1.54, 1.807) is 0 Å². The Morgan fingerprint density at radius 3 is 0.700 bits per heavy atom. The number of para-hydroxylation sites is 6. The summed E-state index contributed by atoms with van der Waals surface area (Å²) in [5.74, 6) is 6.49. The Bertz CT molecular complexity index is 9900. The van der Waals surface area contributed by atoms with E-state index in [0.717, 1.165) is 194 Å². The molecule has 702 valence electrons. The quantitative estimate of drug-likeness (QED) is 0.0946. The molecule has 0 N–H and O–H groups in total.